The summed E-state index contributed by atoms with van der Waals surface area (Å²) in [5, 5.41) is 0. The number of hydrogen-bond acceptors (Lipinski definition) is 0. The summed E-state index contributed by atoms with van der Waals surface area (Å²) in [4.78, 5) is 0. The van der Waals surface area contributed by atoms with Crippen molar-refractivity contribution in [3.8, 4) is 0 Å². The van der Waals surface area contributed by atoms with E-state index in [0.717, 1.165) is 23.2 Å². The molecule has 2 aliphatic rings. The Labute approximate surface area is 64.0 Å². The fraction of sp³-hybridized carbons (Fsp3) is 1.00. The molecule has 2 rings (SSSR count). The Morgan fingerprint density at radius 3 is 2.20 bits per heavy atom. The molecule has 10 heavy (non-hydrogen) atoms. The molecule has 4 unspecified atom stereocenters. The van der Waals surface area contributed by atoms with Crippen molar-refractivity contribution in [2.45, 2.75) is 40.0 Å². The minimum Gasteiger partial charge on any atom is -0.0622 e. The third-order valence-corrected chi connectivity index (χ3v) is 4.17. The first-order chi connectivity index (χ1) is 4.62. The highest BCUT2D eigenvalue weighted by Crippen LogP contribution is 2.59. The van der Waals surface area contributed by atoms with Crippen LogP contribution < -0.4 is 0 Å². The van der Waals surface area contributed by atoms with Crippen LogP contribution in [-0.4, -0.2) is 0 Å². The first kappa shape index (κ1) is 6.69. The lowest BCUT2D eigenvalue weighted by Gasteiger charge is -2.30. The quantitative estimate of drug-likeness (QED) is 0.482. The van der Waals surface area contributed by atoms with E-state index in [1.165, 1.54) is 19.3 Å². The van der Waals surface area contributed by atoms with Gasteiger partial charge >= 0.3 is 0 Å². The van der Waals surface area contributed by atoms with E-state index in [2.05, 4.69) is 20.8 Å². The summed E-state index contributed by atoms with van der Waals surface area (Å²) in [5.74, 6) is 3.12. The average molecular weight is 138 g/mol. The maximum Gasteiger partial charge on any atom is -0.0295 e. The van der Waals surface area contributed by atoms with Crippen molar-refractivity contribution in [2.24, 2.45) is 23.2 Å². The maximum atomic E-state index is 2.49. The molecule has 0 aromatic heterocycles. The number of hydrogen-bond donors (Lipinski definition) is 0. The van der Waals surface area contributed by atoms with Crippen LogP contribution in [0.5, 0.6) is 0 Å². The molecule has 2 bridgehead atoms. The van der Waals surface area contributed by atoms with Crippen molar-refractivity contribution < 1.29 is 0 Å². The van der Waals surface area contributed by atoms with Crippen LogP contribution in [0, 0.1) is 23.2 Å². The average Bonchev–Trinajstić information content (AvgIpc) is 2.20. The fourth-order valence-corrected chi connectivity index (χ4v) is 3.24. The van der Waals surface area contributed by atoms with Gasteiger partial charge in [-0.1, -0.05) is 20.8 Å². The van der Waals surface area contributed by atoms with Gasteiger partial charge in [0.05, 0.1) is 0 Å². The normalized spacial score (nSPS) is 59.7. The Morgan fingerprint density at radius 1 is 1.20 bits per heavy atom. The van der Waals surface area contributed by atoms with E-state index in [4.69, 9.17) is 0 Å². The Balaban J connectivity index is 2.21. The third-order valence-electron chi connectivity index (χ3n) is 4.17. The van der Waals surface area contributed by atoms with Gasteiger partial charge in [-0.2, -0.15) is 0 Å². The highest BCUT2D eigenvalue weighted by atomic mass is 14.5. The molecule has 0 heteroatoms. The zero-order valence-electron chi connectivity index (χ0n) is 7.35. The molecule has 0 aromatic rings. The zero-order chi connectivity index (χ0) is 7.35. The molecular weight excluding hydrogens is 120 g/mol. The molecule has 0 saturated heterocycles. The van der Waals surface area contributed by atoms with E-state index < -0.39 is 0 Å². The van der Waals surface area contributed by atoms with Crippen molar-refractivity contribution in [2.75, 3.05) is 0 Å². The van der Waals surface area contributed by atoms with Crippen LogP contribution in [0.2, 0.25) is 0 Å². The van der Waals surface area contributed by atoms with Gasteiger partial charge in [-0.05, 0) is 42.4 Å². The lowest BCUT2D eigenvalue weighted by Crippen LogP contribution is -2.21. The summed E-state index contributed by atoms with van der Waals surface area (Å²) in [7, 11) is 0. The van der Waals surface area contributed by atoms with E-state index in [0.29, 0.717) is 0 Å². The number of fused-ring (bicyclic) bond motifs is 2. The molecule has 0 aromatic carbocycles. The summed E-state index contributed by atoms with van der Waals surface area (Å²) in [5.41, 5.74) is 0.740. The molecule has 2 aliphatic carbocycles. The van der Waals surface area contributed by atoms with Gasteiger partial charge in [0.25, 0.3) is 0 Å². The molecule has 0 nitrogen and oxygen atoms in total. The largest absolute Gasteiger partial charge is 0.0622 e. The van der Waals surface area contributed by atoms with Crippen LogP contribution in [-0.2, 0) is 0 Å². The van der Waals surface area contributed by atoms with Gasteiger partial charge < -0.3 is 0 Å². The molecule has 58 valence electrons. The topological polar surface area (TPSA) is 0 Å². The standard InChI is InChI=1S/C10H18/c1-7-5-10(3)6-9(7)4-8(10)2/h7-9H,4-6H2,1-3H3. The van der Waals surface area contributed by atoms with Crippen molar-refractivity contribution in [3.63, 3.8) is 0 Å². The monoisotopic (exact) mass is 138 g/mol. The van der Waals surface area contributed by atoms with E-state index in [1.54, 1.807) is 0 Å². The second-order valence-corrected chi connectivity index (χ2v) is 4.94. The van der Waals surface area contributed by atoms with Gasteiger partial charge in [-0.25, -0.2) is 0 Å². The molecule has 0 spiro atoms. The van der Waals surface area contributed by atoms with Crippen molar-refractivity contribution in [3.05, 3.63) is 0 Å². The van der Waals surface area contributed by atoms with E-state index >= 15 is 0 Å². The second kappa shape index (κ2) is 1.78. The van der Waals surface area contributed by atoms with Crippen LogP contribution in [0.25, 0.3) is 0 Å². The zero-order valence-corrected chi connectivity index (χ0v) is 7.35. The Kier molecular flexibility index (Phi) is 1.19. The third kappa shape index (κ3) is 0.681. The molecule has 4 atom stereocenters. The van der Waals surface area contributed by atoms with E-state index in [9.17, 15) is 0 Å². The van der Waals surface area contributed by atoms with Crippen molar-refractivity contribution in [1.29, 1.82) is 0 Å². The van der Waals surface area contributed by atoms with Gasteiger partial charge in [0.2, 0.25) is 0 Å². The summed E-state index contributed by atoms with van der Waals surface area (Å²) < 4.78 is 0. The van der Waals surface area contributed by atoms with Crippen molar-refractivity contribution >= 4 is 0 Å². The summed E-state index contributed by atoms with van der Waals surface area (Å²) in [6, 6.07) is 0. The second-order valence-electron chi connectivity index (χ2n) is 4.94. The predicted molar refractivity (Wildman–Crippen MR) is 43.8 cm³/mol. The van der Waals surface area contributed by atoms with Gasteiger partial charge in [0, 0.05) is 0 Å². The molecule has 2 fully saturated rings. The van der Waals surface area contributed by atoms with Crippen LogP contribution in [0.3, 0.4) is 0 Å². The number of rotatable bonds is 0. The van der Waals surface area contributed by atoms with Crippen LogP contribution in [0.1, 0.15) is 40.0 Å². The first-order valence-electron chi connectivity index (χ1n) is 4.62. The lowest BCUT2D eigenvalue weighted by atomic mass is 9.75. The van der Waals surface area contributed by atoms with Gasteiger partial charge in [-0.3, -0.25) is 0 Å². The fourth-order valence-electron chi connectivity index (χ4n) is 3.24. The van der Waals surface area contributed by atoms with Gasteiger partial charge in [0.15, 0.2) is 0 Å². The van der Waals surface area contributed by atoms with E-state index in [1.807, 2.05) is 0 Å². The summed E-state index contributed by atoms with van der Waals surface area (Å²) >= 11 is 0. The van der Waals surface area contributed by atoms with Crippen LogP contribution in [0.4, 0.5) is 0 Å². The van der Waals surface area contributed by atoms with Crippen LogP contribution in [0.15, 0.2) is 0 Å². The lowest BCUT2D eigenvalue weighted by molar-refractivity contribution is 0.195. The SMILES string of the molecule is CC1CC2(C)CC1CC2C. The van der Waals surface area contributed by atoms with Gasteiger partial charge in [0.1, 0.15) is 0 Å². The highest BCUT2D eigenvalue weighted by molar-refractivity contribution is 4.99. The first-order valence-corrected chi connectivity index (χ1v) is 4.62. The van der Waals surface area contributed by atoms with Crippen molar-refractivity contribution in [1.82, 2.24) is 0 Å². The summed E-state index contributed by atoms with van der Waals surface area (Å²) in [6.45, 7) is 7.36. The molecule has 0 amide bonds. The Hall–Kier alpha value is 0. The van der Waals surface area contributed by atoms with Crippen LogP contribution >= 0.6 is 0 Å². The van der Waals surface area contributed by atoms with Gasteiger partial charge in [-0.15, -0.1) is 0 Å². The minimum absolute atomic E-state index is 0.740. The molecule has 0 N–H and O–H groups in total. The smallest absolute Gasteiger partial charge is 0.0295 e. The Bertz CT molecular complexity index is 146. The maximum absolute atomic E-state index is 2.49. The highest BCUT2D eigenvalue weighted by Gasteiger charge is 2.49. The summed E-state index contributed by atoms with van der Waals surface area (Å²) in [6.07, 6.45) is 4.53. The molecule has 0 heterocycles. The Morgan fingerprint density at radius 2 is 1.90 bits per heavy atom. The minimum atomic E-state index is 0.740. The predicted octanol–water partition coefficient (Wildman–Crippen LogP) is 3.08. The molecular formula is C10H18. The molecule has 2 saturated carbocycles. The molecule has 0 radical (unpaired) electrons. The van der Waals surface area contributed by atoms with E-state index in [-0.39, 0.29) is 0 Å². The molecule has 0 aliphatic heterocycles.